The molecule has 0 aliphatic heterocycles. The second-order valence-electron chi connectivity index (χ2n) is 3.20. The molecule has 0 rings (SSSR count). The summed E-state index contributed by atoms with van der Waals surface area (Å²) in [6.07, 6.45) is 3.04. The molecule has 0 aliphatic rings. The van der Waals surface area contributed by atoms with Crippen molar-refractivity contribution in [2.75, 3.05) is 19.1 Å². The van der Waals surface area contributed by atoms with E-state index in [-0.39, 0.29) is 0 Å². The molecule has 3 nitrogen and oxygen atoms in total. The summed E-state index contributed by atoms with van der Waals surface area (Å²) in [4.78, 5) is 12.6. The van der Waals surface area contributed by atoms with Gasteiger partial charge in [0.15, 0.2) is 0 Å². The number of hydrogen-bond donors (Lipinski definition) is 1. The number of likely N-dealkylation sites (N-methyl/N-ethyl adjacent to an activating group) is 1. The van der Waals surface area contributed by atoms with Gasteiger partial charge >= 0.3 is 5.97 Å². The van der Waals surface area contributed by atoms with Crippen LogP contribution in [0.25, 0.3) is 0 Å². The summed E-state index contributed by atoms with van der Waals surface area (Å²) in [5, 5.41) is 8.82. The van der Waals surface area contributed by atoms with Crippen LogP contribution >= 0.6 is 11.8 Å². The Morgan fingerprint density at radius 3 is 2.46 bits per heavy atom. The van der Waals surface area contributed by atoms with E-state index >= 15 is 0 Å². The van der Waals surface area contributed by atoms with Crippen LogP contribution in [0.1, 0.15) is 20.3 Å². The maximum atomic E-state index is 10.7. The average molecular weight is 205 g/mol. The van der Waals surface area contributed by atoms with Crippen molar-refractivity contribution in [3.63, 3.8) is 0 Å². The lowest BCUT2D eigenvalue weighted by Crippen LogP contribution is -2.43. The molecular formula is C9H19NO2S. The largest absolute Gasteiger partial charge is 0.480 e. The topological polar surface area (TPSA) is 40.5 Å². The second kappa shape index (κ2) is 6.27. The monoisotopic (exact) mass is 205 g/mol. The Balaban J connectivity index is 4.17. The molecule has 0 spiro atoms. The smallest absolute Gasteiger partial charge is 0.320 e. The van der Waals surface area contributed by atoms with Gasteiger partial charge in [0.1, 0.15) is 6.04 Å². The lowest BCUT2D eigenvalue weighted by atomic mass is 10.2. The maximum Gasteiger partial charge on any atom is 0.320 e. The maximum absolute atomic E-state index is 10.7. The van der Waals surface area contributed by atoms with Gasteiger partial charge in [-0.2, -0.15) is 11.8 Å². The molecule has 4 heteroatoms. The van der Waals surface area contributed by atoms with Crippen LogP contribution in [0.2, 0.25) is 0 Å². The summed E-state index contributed by atoms with van der Waals surface area (Å²) in [6.45, 7) is 3.82. The van der Waals surface area contributed by atoms with Crippen molar-refractivity contribution in [2.45, 2.75) is 32.4 Å². The first-order chi connectivity index (χ1) is 6.04. The predicted octanol–water partition coefficient (Wildman–Crippen LogP) is 1.53. The molecular weight excluding hydrogens is 186 g/mol. The molecule has 0 saturated heterocycles. The molecule has 0 fully saturated rings. The number of aliphatic carboxylic acids is 1. The Hall–Kier alpha value is -0.220. The zero-order valence-corrected chi connectivity index (χ0v) is 9.60. The van der Waals surface area contributed by atoms with E-state index < -0.39 is 12.0 Å². The summed E-state index contributed by atoms with van der Waals surface area (Å²) in [6, 6.07) is -0.0294. The van der Waals surface area contributed by atoms with Crippen molar-refractivity contribution in [2.24, 2.45) is 0 Å². The molecule has 0 bridgehead atoms. The summed E-state index contributed by atoms with van der Waals surface area (Å²) in [5.74, 6) is 0.243. The molecule has 1 N–H and O–H groups in total. The van der Waals surface area contributed by atoms with Crippen LogP contribution in [0.3, 0.4) is 0 Å². The molecule has 0 aromatic heterocycles. The van der Waals surface area contributed by atoms with Crippen molar-refractivity contribution in [3.8, 4) is 0 Å². The summed E-state index contributed by atoms with van der Waals surface area (Å²) in [7, 11) is 1.88. The first kappa shape index (κ1) is 12.8. The Labute approximate surface area is 84.5 Å². The summed E-state index contributed by atoms with van der Waals surface area (Å²) < 4.78 is 0. The fraction of sp³-hybridized carbons (Fsp3) is 0.889. The molecule has 0 radical (unpaired) electrons. The first-order valence-corrected chi connectivity index (χ1v) is 5.87. The fourth-order valence-corrected chi connectivity index (χ4v) is 2.06. The van der Waals surface area contributed by atoms with Crippen LogP contribution in [0.5, 0.6) is 0 Å². The first-order valence-electron chi connectivity index (χ1n) is 4.48. The van der Waals surface area contributed by atoms with E-state index in [1.165, 1.54) is 0 Å². The fourth-order valence-electron chi connectivity index (χ4n) is 1.21. The third kappa shape index (κ3) is 4.00. The van der Waals surface area contributed by atoms with E-state index in [9.17, 15) is 4.79 Å². The predicted molar refractivity (Wildman–Crippen MR) is 57.3 cm³/mol. The molecule has 2 atom stereocenters. The van der Waals surface area contributed by atoms with Crippen molar-refractivity contribution >= 4 is 17.7 Å². The van der Waals surface area contributed by atoms with Crippen molar-refractivity contribution < 1.29 is 9.90 Å². The van der Waals surface area contributed by atoms with Crippen LogP contribution in [0, 0.1) is 0 Å². The van der Waals surface area contributed by atoms with Crippen LogP contribution < -0.4 is 0 Å². The number of nitrogens with zero attached hydrogens (tertiary/aromatic N) is 1. The van der Waals surface area contributed by atoms with E-state index in [2.05, 4.69) is 6.92 Å². The molecule has 0 saturated carbocycles. The number of thioether (sulfide) groups is 1. The van der Waals surface area contributed by atoms with Gasteiger partial charge in [0.05, 0.1) is 0 Å². The van der Waals surface area contributed by atoms with Gasteiger partial charge in [-0.05, 0) is 26.6 Å². The molecule has 78 valence electrons. The number of carboxylic acid groups (broad SMARTS) is 1. The molecule has 2 unspecified atom stereocenters. The van der Waals surface area contributed by atoms with Gasteiger partial charge in [-0.3, -0.25) is 9.69 Å². The zero-order valence-electron chi connectivity index (χ0n) is 8.78. The third-order valence-electron chi connectivity index (χ3n) is 2.37. The lowest BCUT2D eigenvalue weighted by Gasteiger charge is -2.29. The van der Waals surface area contributed by atoms with E-state index in [1.807, 2.05) is 18.2 Å². The highest BCUT2D eigenvalue weighted by Gasteiger charge is 2.22. The Bertz CT molecular complexity index is 164. The zero-order chi connectivity index (χ0) is 10.4. The SMILES string of the molecule is CCC(CSC)N(C)C(C)C(=O)O. The van der Waals surface area contributed by atoms with Crippen LogP contribution in [0.15, 0.2) is 0 Å². The number of carbonyl (C=O) groups is 1. The standard InChI is InChI=1S/C9H19NO2S/c1-5-8(6-13-4)10(3)7(2)9(11)12/h7-8H,5-6H2,1-4H3,(H,11,12). The van der Waals surface area contributed by atoms with Crippen LogP contribution in [0.4, 0.5) is 0 Å². The van der Waals surface area contributed by atoms with Crippen molar-refractivity contribution in [3.05, 3.63) is 0 Å². The normalized spacial score (nSPS) is 15.8. The Morgan fingerprint density at radius 2 is 2.15 bits per heavy atom. The highest BCUT2D eigenvalue weighted by Crippen LogP contribution is 2.11. The highest BCUT2D eigenvalue weighted by atomic mass is 32.2. The second-order valence-corrected chi connectivity index (χ2v) is 4.11. The molecule has 0 aromatic rings. The van der Waals surface area contributed by atoms with Crippen LogP contribution in [-0.4, -0.2) is 47.1 Å². The van der Waals surface area contributed by atoms with E-state index in [4.69, 9.17) is 5.11 Å². The number of carboxylic acids is 1. The van der Waals surface area contributed by atoms with Crippen molar-refractivity contribution in [1.29, 1.82) is 0 Å². The van der Waals surface area contributed by atoms with Crippen molar-refractivity contribution in [1.82, 2.24) is 4.90 Å². The Morgan fingerprint density at radius 1 is 1.62 bits per heavy atom. The summed E-state index contributed by atoms with van der Waals surface area (Å²) >= 11 is 1.76. The number of rotatable bonds is 6. The highest BCUT2D eigenvalue weighted by molar-refractivity contribution is 7.98. The van der Waals surface area contributed by atoms with E-state index in [1.54, 1.807) is 18.7 Å². The number of hydrogen-bond acceptors (Lipinski definition) is 3. The van der Waals surface area contributed by atoms with Gasteiger partial charge in [0.2, 0.25) is 0 Å². The third-order valence-corrected chi connectivity index (χ3v) is 3.09. The van der Waals surface area contributed by atoms with E-state index in [0.717, 1.165) is 12.2 Å². The van der Waals surface area contributed by atoms with Gasteiger partial charge in [-0.25, -0.2) is 0 Å². The van der Waals surface area contributed by atoms with Gasteiger partial charge in [0, 0.05) is 11.8 Å². The van der Waals surface area contributed by atoms with Crippen LogP contribution in [-0.2, 0) is 4.79 Å². The minimum atomic E-state index is -0.748. The minimum absolute atomic E-state index is 0.362. The Kier molecular flexibility index (Phi) is 6.16. The van der Waals surface area contributed by atoms with Gasteiger partial charge < -0.3 is 5.11 Å². The molecule has 13 heavy (non-hydrogen) atoms. The minimum Gasteiger partial charge on any atom is -0.480 e. The molecule has 0 amide bonds. The quantitative estimate of drug-likeness (QED) is 0.714. The molecule has 0 heterocycles. The van der Waals surface area contributed by atoms with Gasteiger partial charge in [0.25, 0.3) is 0 Å². The summed E-state index contributed by atoms with van der Waals surface area (Å²) in [5.41, 5.74) is 0. The van der Waals surface area contributed by atoms with Gasteiger partial charge in [-0.15, -0.1) is 0 Å². The van der Waals surface area contributed by atoms with E-state index in [0.29, 0.717) is 6.04 Å². The average Bonchev–Trinajstić information content (AvgIpc) is 2.11. The molecule has 0 aliphatic carbocycles. The lowest BCUT2D eigenvalue weighted by molar-refractivity contribution is -0.142. The molecule has 0 aromatic carbocycles. The van der Waals surface area contributed by atoms with Gasteiger partial charge in [-0.1, -0.05) is 6.92 Å².